The summed E-state index contributed by atoms with van der Waals surface area (Å²) >= 11 is 6.54. The highest BCUT2D eigenvalue weighted by Gasteiger charge is 2.33. The SMILES string of the molecule is Cc1ccccc1N1CCC(Oc2ccc(NC(=O)[C@H]3CCCCN3C(=O)CNS(=O)(=O)NC(=O)OC(C)(C)C)cc2Cl)CC1. The van der Waals surface area contributed by atoms with Crippen LogP contribution in [0.1, 0.15) is 58.4 Å². The number of nitrogens with one attached hydrogen (secondary N) is 3. The van der Waals surface area contributed by atoms with Gasteiger partial charge in [-0.15, -0.1) is 0 Å². The van der Waals surface area contributed by atoms with E-state index in [4.69, 9.17) is 21.1 Å². The lowest BCUT2D eigenvalue weighted by Gasteiger charge is -2.35. The molecule has 3 N–H and O–H groups in total. The molecule has 0 unspecified atom stereocenters. The van der Waals surface area contributed by atoms with Crippen molar-refractivity contribution in [3.8, 4) is 5.75 Å². The number of hydrogen-bond donors (Lipinski definition) is 3. The Balaban J connectivity index is 1.29. The van der Waals surface area contributed by atoms with Crippen LogP contribution in [0, 0.1) is 6.92 Å². The minimum Gasteiger partial charge on any atom is -0.489 e. The predicted molar refractivity (Wildman–Crippen MR) is 173 cm³/mol. The summed E-state index contributed by atoms with van der Waals surface area (Å²) in [7, 11) is -4.36. The minimum atomic E-state index is -4.36. The number of amides is 3. The number of likely N-dealkylation sites (tertiary alicyclic amines) is 1. The van der Waals surface area contributed by atoms with Crippen LogP contribution in [0.15, 0.2) is 42.5 Å². The summed E-state index contributed by atoms with van der Waals surface area (Å²) in [4.78, 5) is 41.8. The van der Waals surface area contributed by atoms with Gasteiger partial charge in [-0.1, -0.05) is 29.8 Å². The van der Waals surface area contributed by atoms with Crippen molar-refractivity contribution in [2.75, 3.05) is 36.4 Å². The number of anilines is 2. The third-order valence-corrected chi connectivity index (χ3v) is 8.80. The zero-order chi connectivity index (χ0) is 32.8. The molecule has 2 heterocycles. The summed E-state index contributed by atoms with van der Waals surface area (Å²) in [6.45, 7) is 8.28. The lowest BCUT2D eigenvalue weighted by atomic mass is 10.0. The summed E-state index contributed by atoms with van der Waals surface area (Å²) in [5.74, 6) is -0.475. The fourth-order valence-electron chi connectivity index (χ4n) is 5.42. The molecule has 0 aromatic heterocycles. The lowest BCUT2D eigenvalue weighted by Crippen LogP contribution is -2.53. The van der Waals surface area contributed by atoms with E-state index in [1.165, 1.54) is 16.2 Å². The normalized spacial score (nSPS) is 17.8. The number of ether oxygens (including phenoxy) is 2. The molecule has 45 heavy (non-hydrogen) atoms. The first-order valence-corrected chi connectivity index (χ1v) is 16.9. The van der Waals surface area contributed by atoms with Crippen LogP contribution in [-0.4, -0.2) is 75.2 Å². The maximum Gasteiger partial charge on any atom is 0.422 e. The first-order chi connectivity index (χ1) is 21.2. The Kier molecular flexibility index (Phi) is 11.2. The van der Waals surface area contributed by atoms with Crippen LogP contribution in [0.25, 0.3) is 0 Å². The van der Waals surface area contributed by atoms with E-state index in [-0.39, 0.29) is 12.6 Å². The third-order valence-electron chi connectivity index (χ3n) is 7.55. The fourth-order valence-corrected chi connectivity index (χ4v) is 6.29. The number of benzene rings is 2. The number of rotatable bonds is 9. The van der Waals surface area contributed by atoms with Crippen molar-refractivity contribution >= 4 is 51.1 Å². The Morgan fingerprint density at radius 3 is 2.38 bits per heavy atom. The molecule has 2 aliphatic rings. The van der Waals surface area contributed by atoms with E-state index in [0.29, 0.717) is 29.3 Å². The van der Waals surface area contributed by atoms with Crippen LogP contribution in [0.4, 0.5) is 16.2 Å². The van der Waals surface area contributed by atoms with E-state index in [0.717, 1.165) is 32.4 Å². The quantitative estimate of drug-likeness (QED) is 0.359. The van der Waals surface area contributed by atoms with E-state index in [2.05, 4.69) is 29.3 Å². The first kappa shape index (κ1) is 34.3. The average Bonchev–Trinajstić information content (AvgIpc) is 2.97. The number of carbonyl (C=O) groups is 3. The van der Waals surface area contributed by atoms with E-state index in [1.54, 1.807) is 43.7 Å². The molecule has 0 aliphatic carbocycles. The molecule has 4 rings (SSSR count). The van der Waals surface area contributed by atoms with Crippen LogP contribution in [0.3, 0.4) is 0 Å². The van der Waals surface area contributed by atoms with Crippen molar-refractivity contribution in [1.29, 1.82) is 0 Å². The highest BCUT2D eigenvalue weighted by molar-refractivity contribution is 7.88. The van der Waals surface area contributed by atoms with Crippen molar-refractivity contribution in [3.63, 3.8) is 0 Å². The van der Waals surface area contributed by atoms with Gasteiger partial charge in [-0.2, -0.15) is 13.1 Å². The number of aryl methyl sites for hydroxylation is 1. The molecule has 3 amide bonds. The number of hydrogen-bond acceptors (Lipinski definition) is 8. The van der Waals surface area contributed by atoms with E-state index in [1.807, 2.05) is 16.9 Å². The number of halogens is 1. The van der Waals surface area contributed by atoms with Gasteiger partial charge in [0.25, 0.3) is 0 Å². The Labute approximate surface area is 269 Å². The molecule has 2 aliphatic heterocycles. The highest BCUT2D eigenvalue weighted by Crippen LogP contribution is 2.32. The minimum absolute atomic E-state index is 0.0155. The second kappa shape index (κ2) is 14.7. The molecule has 2 fully saturated rings. The zero-order valence-electron chi connectivity index (χ0n) is 26.1. The Morgan fingerprint density at radius 2 is 1.71 bits per heavy atom. The molecule has 1 atom stereocenters. The molecule has 0 spiro atoms. The summed E-state index contributed by atoms with van der Waals surface area (Å²) in [5.41, 5.74) is 2.03. The molecular formula is C31H42ClN5O7S. The summed E-state index contributed by atoms with van der Waals surface area (Å²) < 4.78 is 39.4. The van der Waals surface area contributed by atoms with Crippen LogP contribution in [0.5, 0.6) is 5.75 Å². The van der Waals surface area contributed by atoms with Gasteiger partial charge in [0.05, 0.1) is 11.6 Å². The van der Waals surface area contributed by atoms with Crippen molar-refractivity contribution in [2.45, 2.75) is 77.5 Å². The summed E-state index contributed by atoms with van der Waals surface area (Å²) in [5, 5.41) is 3.18. The molecule has 0 radical (unpaired) electrons. The lowest BCUT2D eigenvalue weighted by molar-refractivity contribution is -0.139. The van der Waals surface area contributed by atoms with Crippen LogP contribution >= 0.6 is 11.6 Å². The summed E-state index contributed by atoms with van der Waals surface area (Å²) in [6.07, 6.45) is 2.35. The van der Waals surface area contributed by atoms with Gasteiger partial charge in [-0.05, 0) is 76.8 Å². The van der Waals surface area contributed by atoms with Gasteiger partial charge in [0.15, 0.2) is 0 Å². The predicted octanol–water partition coefficient (Wildman–Crippen LogP) is 4.37. The monoisotopic (exact) mass is 663 g/mol. The molecule has 246 valence electrons. The molecule has 2 saturated heterocycles. The summed E-state index contributed by atoms with van der Waals surface area (Å²) in [6, 6.07) is 12.6. The second-order valence-electron chi connectivity index (χ2n) is 12.3. The Morgan fingerprint density at radius 1 is 1.00 bits per heavy atom. The largest absolute Gasteiger partial charge is 0.489 e. The number of para-hydroxylation sites is 1. The second-order valence-corrected chi connectivity index (χ2v) is 14.2. The zero-order valence-corrected chi connectivity index (χ0v) is 27.7. The Bertz CT molecular complexity index is 1490. The molecule has 0 saturated carbocycles. The standard InChI is InChI=1S/C31H42ClN5O7S/c1-21-9-5-6-10-25(21)36-17-14-23(15-18-36)43-27-13-12-22(19-24(27)32)34-29(39)26-11-7-8-16-37(26)28(38)20-33-45(41,42)35-30(40)44-31(2,3)4/h5-6,9-10,12-13,19,23,26,33H,7-8,11,14-18,20H2,1-4H3,(H,34,39)(H,35,40)/t26-/m1/s1. The van der Waals surface area contributed by atoms with Crippen LogP contribution in [0.2, 0.25) is 5.02 Å². The van der Waals surface area contributed by atoms with Gasteiger partial charge < -0.3 is 24.6 Å². The molecule has 2 aromatic carbocycles. The molecule has 12 nitrogen and oxygen atoms in total. The van der Waals surface area contributed by atoms with Crippen molar-refractivity contribution in [3.05, 3.63) is 53.1 Å². The number of carbonyl (C=O) groups excluding carboxylic acids is 3. The fraction of sp³-hybridized carbons (Fsp3) is 0.516. The van der Waals surface area contributed by atoms with Crippen molar-refractivity contribution in [2.24, 2.45) is 0 Å². The van der Waals surface area contributed by atoms with Gasteiger partial charge in [0.2, 0.25) is 11.8 Å². The average molecular weight is 664 g/mol. The number of nitrogens with zero attached hydrogens (tertiary/aromatic N) is 2. The van der Waals surface area contributed by atoms with Crippen molar-refractivity contribution in [1.82, 2.24) is 14.3 Å². The Hall–Kier alpha value is -3.55. The van der Waals surface area contributed by atoms with Gasteiger partial charge in [-0.25, -0.2) is 9.52 Å². The van der Waals surface area contributed by atoms with Gasteiger partial charge in [0, 0.05) is 43.9 Å². The van der Waals surface area contributed by atoms with Gasteiger partial charge >= 0.3 is 16.3 Å². The van der Waals surface area contributed by atoms with Crippen molar-refractivity contribution < 1.29 is 32.3 Å². The van der Waals surface area contributed by atoms with Gasteiger partial charge in [0.1, 0.15) is 23.5 Å². The molecule has 14 heteroatoms. The van der Waals surface area contributed by atoms with Crippen LogP contribution < -0.4 is 24.4 Å². The first-order valence-electron chi connectivity index (χ1n) is 15.1. The van der Waals surface area contributed by atoms with Gasteiger partial charge in [-0.3, -0.25) is 9.59 Å². The molecular weight excluding hydrogens is 622 g/mol. The maximum atomic E-state index is 13.3. The van der Waals surface area contributed by atoms with E-state index in [9.17, 15) is 22.8 Å². The maximum absolute atomic E-state index is 13.3. The topological polar surface area (TPSA) is 146 Å². The highest BCUT2D eigenvalue weighted by atomic mass is 35.5. The van der Waals surface area contributed by atoms with Crippen LogP contribution in [-0.2, 0) is 24.5 Å². The van der Waals surface area contributed by atoms with E-state index < -0.39 is 46.3 Å². The van der Waals surface area contributed by atoms with E-state index >= 15 is 0 Å². The third kappa shape index (κ3) is 9.97. The smallest absolute Gasteiger partial charge is 0.422 e. The number of piperidine rings is 2. The molecule has 2 aromatic rings. The molecule has 0 bridgehead atoms.